The molecule has 0 atom stereocenters. The summed E-state index contributed by atoms with van der Waals surface area (Å²) in [7, 11) is 0. The van der Waals surface area contributed by atoms with Gasteiger partial charge in [-0.25, -0.2) is 4.79 Å². The molecule has 4 heteroatoms. The summed E-state index contributed by atoms with van der Waals surface area (Å²) in [4.78, 5) is 11.1. The molecule has 13 heavy (non-hydrogen) atoms. The monoisotopic (exact) mass is 191 g/mol. The van der Waals surface area contributed by atoms with Crippen LogP contribution < -0.4 is 0 Å². The fourth-order valence-electron chi connectivity index (χ4n) is 0.685. The van der Waals surface area contributed by atoms with Crippen LogP contribution in [0.2, 0.25) is 0 Å². The van der Waals surface area contributed by atoms with Gasteiger partial charge >= 0.3 is 5.97 Å². The maximum absolute atomic E-state index is 10.5. The number of hydrogen-bond donors (Lipinski definition) is 1. The van der Waals surface area contributed by atoms with E-state index in [0.29, 0.717) is 4.88 Å². The van der Waals surface area contributed by atoms with Crippen LogP contribution >= 0.6 is 11.3 Å². The van der Waals surface area contributed by atoms with Crippen molar-refractivity contribution in [3.05, 3.63) is 21.9 Å². The molecular weight excluding hydrogens is 186 g/mol. The van der Waals surface area contributed by atoms with Crippen molar-refractivity contribution < 1.29 is 9.90 Å². The largest absolute Gasteiger partial charge is 0.478 e. The van der Waals surface area contributed by atoms with E-state index in [1.54, 1.807) is 0 Å². The quantitative estimate of drug-likeness (QED) is 0.687. The molecule has 1 heterocycles. The third-order valence-corrected chi connectivity index (χ3v) is 2.07. The number of rotatable bonds is 1. The highest BCUT2D eigenvalue weighted by atomic mass is 32.1. The van der Waals surface area contributed by atoms with E-state index in [9.17, 15) is 4.79 Å². The molecule has 0 saturated carbocycles. The van der Waals surface area contributed by atoms with Crippen molar-refractivity contribution in [3.8, 4) is 17.9 Å². The van der Waals surface area contributed by atoms with Crippen molar-refractivity contribution in [2.45, 2.75) is 6.42 Å². The van der Waals surface area contributed by atoms with Crippen LogP contribution in [-0.2, 0) is 0 Å². The summed E-state index contributed by atoms with van der Waals surface area (Å²) >= 11 is 1.26. The molecule has 1 rings (SSSR count). The minimum Gasteiger partial charge on any atom is -0.478 e. The summed E-state index contributed by atoms with van der Waals surface area (Å²) in [5, 5.41) is 18.3. The Hall–Kier alpha value is -1.78. The van der Waals surface area contributed by atoms with Crippen LogP contribution in [-0.4, -0.2) is 11.1 Å². The summed E-state index contributed by atoms with van der Waals surface area (Å²) in [6.07, 6.45) is 0.167. The molecular formula is C9H5NO2S. The van der Waals surface area contributed by atoms with Crippen molar-refractivity contribution in [1.29, 1.82) is 5.26 Å². The Morgan fingerprint density at radius 2 is 2.46 bits per heavy atom. The summed E-state index contributed by atoms with van der Waals surface area (Å²) in [6.45, 7) is 0. The van der Waals surface area contributed by atoms with Crippen LogP contribution in [0.5, 0.6) is 0 Å². The highest BCUT2D eigenvalue weighted by Gasteiger charge is 2.03. The van der Waals surface area contributed by atoms with Crippen molar-refractivity contribution >= 4 is 17.3 Å². The predicted octanol–water partition coefficient (Wildman–Crippen LogP) is 1.71. The molecule has 0 bridgehead atoms. The number of nitrogens with zero attached hydrogens (tertiary/aromatic N) is 1. The Kier molecular flexibility index (Phi) is 3.08. The van der Waals surface area contributed by atoms with Crippen molar-refractivity contribution in [2.24, 2.45) is 0 Å². The second kappa shape index (κ2) is 4.30. The van der Waals surface area contributed by atoms with Gasteiger partial charge in [-0.15, -0.1) is 11.3 Å². The summed E-state index contributed by atoms with van der Waals surface area (Å²) in [6, 6.07) is 3.38. The SMILES string of the molecule is N#CCC#Cc1cc(C(=O)O)cs1. The van der Waals surface area contributed by atoms with E-state index < -0.39 is 5.97 Å². The standard InChI is InChI=1S/C9H5NO2S/c10-4-2-1-3-8-5-7(6-13-8)9(11)12/h5-6H,2H2,(H,11,12). The molecule has 0 amide bonds. The second-order valence-corrected chi connectivity index (χ2v) is 3.05. The lowest BCUT2D eigenvalue weighted by Crippen LogP contribution is -1.91. The maximum Gasteiger partial charge on any atom is 0.336 e. The van der Waals surface area contributed by atoms with Gasteiger partial charge in [0, 0.05) is 5.38 Å². The Labute approximate surface area is 79.2 Å². The smallest absolute Gasteiger partial charge is 0.336 e. The lowest BCUT2D eigenvalue weighted by atomic mass is 10.3. The number of carbonyl (C=O) groups is 1. The molecule has 1 aromatic heterocycles. The fourth-order valence-corrected chi connectivity index (χ4v) is 1.43. The average Bonchev–Trinajstić information content (AvgIpc) is 2.53. The zero-order valence-electron chi connectivity index (χ0n) is 6.57. The van der Waals surface area contributed by atoms with Gasteiger partial charge < -0.3 is 5.11 Å². The van der Waals surface area contributed by atoms with E-state index >= 15 is 0 Å². The first-order valence-electron chi connectivity index (χ1n) is 3.41. The first-order chi connectivity index (χ1) is 6.24. The molecule has 1 aromatic rings. The zero-order chi connectivity index (χ0) is 9.68. The minimum atomic E-state index is -0.954. The van der Waals surface area contributed by atoms with Gasteiger partial charge in [0.15, 0.2) is 0 Å². The van der Waals surface area contributed by atoms with E-state index in [-0.39, 0.29) is 12.0 Å². The van der Waals surface area contributed by atoms with Crippen molar-refractivity contribution in [3.63, 3.8) is 0 Å². The highest BCUT2D eigenvalue weighted by Crippen LogP contribution is 2.12. The zero-order valence-corrected chi connectivity index (χ0v) is 7.39. The van der Waals surface area contributed by atoms with Crippen LogP contribution in [0.15, 0.2) is 11.4 Å². The van der Waals surface area contributed by atoms with Gasteiger partial charge in [0.2, 0.25) is 0 Å². The van der Waals surface area contributed by atoms with Crippen LogP contribution in [0.25, 0.3) is 0 Å². The number of nitriles is 1. The van der Waals surface area contributed by atoms with Gasteiger partial charge in [0.05, 0.1) is 22.9 Å². The number of aromatic carboxylic acids is 1. The summed E-state index contributed by atoms with van der Waals surface area (Å²) in [5.41, 5.74) is 0.242. The minimum absolute atomic E-state index is 0.167. The normalized spacial score (nSPS) is 8.23. The van der Waals surface area contributed by atoms with Gasteiger partial charge in [-0.1, -0.05) is 11.8 Å². The molecule has 64 valence electrons. The second-order valence-electron chi connectivity index (χ2n) is 2.14. The molecule has 0 saturated heterocycles. The van der Waals surface area contributed by atoms with Crippen LogP contribution in [0.3, 0.4) is 0 Å². The van der Waals surface area contributed by atoms with Gasteiger partial charge in [0.1, 0.15) is 0 Å². The molecule has 0 aliphatic heterocycles. The molecule has 0 fully saturated rings. The number of hydrogen-bond acceptors (Lipinski definition) is 3. The topological polar surface area (TPSA) is 61.1 Å². The maximum atomic E-state index is 10.5. The first kappa shape index (κ1) is 9.31. The van der Waals surface area contributed by atoms with Crippen LogP contribution in [0, 0.1) is 23.2 Å². The molecule has 0 radical (unpaired) electrons. The van der Waals surface area contributed by atoms with Gasteiger partial charge in [-0.2, -0.15) is 5.26 Å². The van der Waals surface area contributed by atoms with Crippen LogP contribution in [0.1, 0.15) is 21.7 Å². The Bertz CT molecular complexity index is 417. The molecule has 0 unspecified atom stereocenters. The molecule has 3 nitrogen and oxygen atoms in total. The third kappa shape index (κ3) is 2.62. The highest BCUT2D eigenvalue weighted by molar-refractivity contribution is 7.10. The fraction of sp³-hybridized carbons (Fsp3) is 0.111. The predicted molar refractivity (Wildman–Crippen MR) is 48.4 cm³/mol. The summed E-state index contributed by atoms with van der Waals surface area (Å²) < 4.78 is 0. The number of carboxylic acids is 1. The van der Waals surface area contributed by atoms with E-state index in [1.807, 2.05) is 6.07 Å². The van der Waals surface area contributed by atoms with E-state index in [4.69, 9.17) is 10.4 Å². The molecule has 0 spiro atoms. The van der Waals surface area contributed by atoms with Gasteiger partial charge in [-0.05, 0) is 6.07 Å². The van der Waals surface area contributed by atoms with Gasteiger partial charge in [-0.3, -0.25) is 0 Å². The lowest BCUT2D eigenvalue weighted by molar-refractivity contribution is 0.0697. The molecule has 1 N–H and O–H groups in total. The van der Waals surface area contributed by atoms with Crippen LogP contribution in [0.4, 0.5) is 0 Å². The Balaban J connectivity index is 2.78. The van der Waals surface area contributed by atoms with E-state index in [1.165, 1.54) is 22.8 Å². The molecule has 0 aliphatic carbocycles. The Morgan fingerprint density at radius 3 is 3.00 bits per heavy atom. The van der Waals surface area contributed by atoms with Crippen molar-refractivity contribution in [1.82, 2.24) is 0 Å². The van der Waals surface area contributed by atoms with E-state index in [0.717, 1.165) is 0 Å². The number of carboxylic acid groups (broad SMARTS) is 1. The number of thiophene rings is 1. The summed E-state index contributed by atoms with van der Waals surface area (Å²) in [5.74, 6) is 4.36. The van der Waals surface area contributed by atoms with E-state index in [2.05, 4.69) is 11.8 Å². The van der Waals surface area contributed by atoms with Gasteiger partial charge in [0.25, 0.3) is 0 Å². The molecule has 0 aliphatic rings. The first-order valence-corrected chi connectivity index (χ1v) is 4.29. The average molecular weight is 191 g/mol. The lowest BCUT2D eigenvalue weighted by Gasteiger charge is -1.80. The third-order valence-electron chi connectivity index (χ3n) is 1.23. The molecule has 0 aromatic carbocycles. The Morgan fingerprint density at radius 1 is 1.69 bits per heavy atom. The van der Waals surface area contributed by atoms with Crippen molar-refractivity contribution in [2.75, 3.05) is 0 Å².